The van der Waals surface area contributed by atoms with Gasteiger partial charge in [-0.05, 0) is 30.3 Å². The largest absolute Gasteiger partial charge is 0.486 e. The van der Waals surface area contributed by atoms with Crippen molar-refractivity contribution < 1.29 is 28.2 Å². The highest BCUT2D eigenvalue weighted by atomic mass is 35.5. The molecule has 8 nitrogen and oxygen atoms in total. The predicted octanol–water partition coefficient (Wildman–Crippen LogP) is 2.56. The van der Waals surface area contributed by atoms with Crippen molar-refractivity contribution >= 4 is 40.8 Å². The van der Waals surface area contributed by atoms with Crippen molar-refractivity contribution in [2.45, 2.75) is 0 Å². The first-order valence-electron chi connectivity index (χ1n) is 8.71. The van der Waals surface area contributed by atoms with Crippen molar-refractivity contribution in [1.82, 2.24) is 5.32 Å². The predicted molar refractivity (Wildman–Crippen MR) is 102 cm³/mol. The molecule has 0 bridgehead atoms. The fraction of sp³-hybridized carbons (Fsp3) is 0.211. The van der Waals surface area contributed by atoms with Gasteiger partial charge in [0.15, 0.2) is 11.5 Å². The maximum Gasteiger partial charge on any atom is 0.328 e. The number of hydrogen-bond donors (Lipinski definition) is 2. The van der Waals surface area contributed by atoms with Gasteiger partial charge in [0.05, 0.1) is 10.7 Å². The highest BCUT2D eigenvalue weighted by Crippen LogP contribution is 2.33. The van der Waals surface area contributed by atoms with E-state index in [9.17, 15) is 18.8 Å². The van der Waals surface area contributed by atoms with Gasteiger partial charge in [-0.25, -0.2) is 14.1 Å². The lowest BCUT2D eigenvalue weighted by atomic mass is 10.0. The van der Waals surface area contributed by atoms with Gasteiger partial charge >= 0.3 is 6.03 Å². The van der Waals surface area contributed by atoms with Gasteiger partial charge in [0, 0.05) is 18.3 Å². The Bertz CT molecular complexity index is 1020. The number of halogens is 2. The van der Waals surface area contributed by atoms with Gasteiger partial charge in [0.1, 0.15) is 24.9 Å². The van der Waals surface area contributed by atoms with E-state index in [-0.39, 0.29) is 17.3 Å². The van der Waals surface area contributed by atoms with E-state index >= 15 is 0 Å². The number of ether oxygens (including phenoxy) is 2. The molecule has 2 aromatic carbocycles. The highest BCUT2D eigenvalue weighted by molar-refractivity contribution is 6.31. The van der Waals surface area contributed by atoms with Gasteiger partial charge in [-0.2, -0.15) is 0 Å². The molecule has 0 spiro atoms. The summed E-state index contributed by atoms with van der Waals surface area (Å²) < 4.78 is 24.3. The molecular weight excluding hydrogens is 405 g/mol. The van der Waals surface area contributed by atoms with Crippen LogP contribution in [0, 0.1) is 11.7 Å². The molecule has 1 saturated heterocycles. The van der Waals surface area contributed by atoms with Crippen LogP contribution < -0.4 is 25.0 Å². The minimum Gasteiger partial charge on any atom is -0.486 e. The van der Waals surface area contributed by atoms with E-state index in [1.807, 2.05) is 0 Å². The molecule has 1 unspecified atom stereocenters. The van der Waals surface area contributed by atoms with Gasteiger partial charge in [-0.3, -0.25) is 9.59 Å². The van der Waals surface area contributed by atoms with E-state index in [0.717, 1.165) is 17.0 Å². The molecular formula is C19H15ClFN3O5. The van der Waals surface area contributed by atoms with Crippen LogP contribution in [0.15, 0.2) is 36.4 Å². The Morgan fingerprint density at radius 2 is 1.90 bits per heavy atom. The van der Waals surface area contributed by atoms with Crippen LogP contribution in [-0.4, -0.2) is 37.6 Å². The summed E-state index contributed by atoms with van der Waals surface area (Å²) in [6.07, 6.45) is 0. The lowest BCUT2D eigenvalue weighted by molar-refractivity contribution is -0.130. The molecule has 2 aromatic rings. The van der Waals surface area contributed by atoms with Crippen molar-refractivity contribution in [3.8, 4) is 11.5 Å². The van der Waals surface area contributed by atoms with Crippen LogP contribution in [0.1, 0.15) is 0 Å². The number of carbonyl (C=O) groups excluding carboxylic acids is 3. The number of amides is 4. The first-order chi connectivity index (χ1) is 13.9. The van der Waals surface area contributed by atoms with Crippen molar-refractivity contribution in [3.63, 3.8) is 0 Å². The molecule has 2 aliphatic heterocycles. The van der Waals surface area contributed by atoms with E-state index in [0.29, 0.717) is 30.4 Å². The van der Waals surface area contributed by atoms with E-state index in [2.05, 4.69) is 10.6 Å². The lowest BCUT2D eigenvalue weighted by Crippen LogP contribution is -2.58. The molecule has 4 rings (SSSR count). The Balaban J connectivity index is 1.53. The number of urea groups is 1. The Morgan fingerprint density at radius 3 is 2.66 bits per heavy atom. The zero-order valence-corrected chi connectivity index (χ0v) is 15.7. The zero-order valence-electron chi connectivity index (χ0n) is 14.9. The van der Waals surface area contributed by atoms with Gasteiger partial charge < -0.3 is 20.1 Å². The number of nitrogens with zero attached hydrogens (tertiary/aromatic N) is 1. The second-order valence-electron chi connectivity index (χ2n) is 6.36. The summed E-state index contributed by atoms with van der Waals surface area (Å²) in [7, 11) is 0. The summed E-state index contributed by atoms with van der Waals surface area (Å²) in [5.41, 5.74) is 0.482. The number of nitrogens with one attached hydrogen (secondary N) is 2. The maximum absolute atomic E-state index is 13.4. The molecule has 0 aromatic heterocycles. The standard InChI is InChI=1S/C19H15ClFN3O5/c20-13-8-11(2-3-14(13)21)24-18(26)12(9-22-19(24)27)17(25)23-10-1-4-15-16(7-10)29-6-5-28-15/h1-4,7-8,12H,5-6,9H2,(H,22,27)(H,23,25). The average Bonchev–Trinajstić information content (AvgIpc) is 2.70. The number of hydrogen-bond acceptors (Lipinski definition) is 5. The third-order valence-electron chi connectivity index (χ3n) is 4.47. The van der Waals surface area contributed by atoms with Crippen LogP contribution in [0.2, 0.25) is 5.02 Å². The minimum atomic E-state index is -1.18. The normalized spacial score (nSPS) is 18.3. The molecule has 2 heterocycles. The zero-order chi connectivity index (χ0) is 20.5. The molecule has 1 fully saturated rings. The second kappa shape index (κ2) is 7.59. The van der Waals surface area contributed by atoms with Gasteiger partial charge in [0.25, 0.3) is 0 Å². The number of fused-ring (bicyclic) bond motifs is 1. The summed E-state index contributed by atoms with van der Waals surface area (Å²) in [6, 6.07) is 7.57. The van der Waals surface area contributed by atoms with Crippen molar-refractivity contribution in [2.24, 2.45) is 5.92 Å². The summed E-state index contributed by atoms with van der Waals surface area (Å²) in [5, 5.41) is 4.88. The van der Waals surface area contributed by atoms with E-state index in [4.69, 9.17) is 21.1 Å². The van der Waals surface area contributed by atoms with Crippen molar-refractivity contribution in [3.05, 3.63) is 47.2 Å². The number of imide groups is 1. The smallest absolute Gasteiger partial charge is 0.328 e. The third kappa shape index (κ3) is 3.68. The van der Waals surface area contributed by atoms with Gasteiger partial charge in [-0.1, -0.05) is 11.6 Å². The van der Waals surface area contributed by atoms with Crippen LogP contribution in [0.3, 0.4) is 0 Å². The van der Waals surface area contributed by atoms with Crippen LogP contribution >= 0.6 is 11.6 Å². The maximum atomic E-state index is 13.4. The third-order valence-corrected chi connectivity index (χ3v) is 4.76. The van der Waals surface area contributed by atoms with Crippen LogP contribution in [-0.2, 0) is 9.59 Å². The molecule has 0 aliphatic carbocycles. The van der Waals surface area contributed by atoms with Crippen molar-refractivity contribution in [1.29, 1.82) is 0 Å². The molecule has 0 saturated carbocycles. The van der Waals surface area contributed by atoms with Crippen LogP contribution in [0.25, 0.3) is 0 Å². The van der Waals surface area contributed by atoms with Crippen LogP contribution in [0.4, 0.5) is 20.6 Å². The number of carbonyl (C=O) groups is 3. The lowest BCUT2D eigenvalue weighted by Gasteiger charge is -2.30. The topological polar surface area (TPSA) is 97.0 Å². The Kier molecular flexibility index (Phi) is 4.98. The van der Waals surface area contributed by atoms with Crippen molar-refractivity contribution in [2.75, 3.05) is 30.0 Å². The highest BCUT2D eigenvalue weighted by Gasteiger charge is 2.39. The summed E-state index contributed by atoms with van der Waals surface area (Å²) in [6.45, 7) is 0.671. The number of anilines is 2. The van der Waals surface area contributed by atoms with Gasteiger partial charge in [-0.15, -0.1) is 0 Å². The average molecular weight is 420 g/mol. The molecule has 29 heavy (non-hydrogen) atoms. The molecule has 150 valence electrons. The molecule has 1 atom stereocenters. The Labute approximate surface area is 169 Å². The Hall–Kier alpha value is -3.33. The van der Waals surface area contributed by atoms with E-state index in [1.165, 1.54) is 6.07 Å². The fourth-order valence-electron chi connectivity index (χ4n) is 3.04. The monoisotopic (exact) mass is 419 g/mol. The van der Waals surface area contributed by atoms with E-state index in [1.54, 1.807) is 18.2 Å². The minimum absolute atomic E-state index is 0.0655. The van der Waals surface area contributed by atoms with Gasteiger partial charge in [0.2, 0.25) is 11.8 Å². The molecule has 0 radical (unpaired) electrons. The molecule has 2 aliphatic rings. The summed E-state index contributed by atoms with van der Waals surface area (Å²) in [5.74, 6) is -2.16. The SMILES string of the molecule is O=C(Nc1ccc2c(c1)OCCO2)C1CNC(=O)N(c2ccc(F)c(Cl)c2)C1=O. The molecule has 10 heteroatoms. The number of rotatable bonds is 3. The van der Waals surface area contributed by atoms with Crippen LogP contribution in [0.5, 0.6) is 11.5 Å². The molecule has 4 amide bonds. The Morgan fingerprint density at radius 1 is 1.14 bits per heavy atom. The van der Waals surface area contributed by atoms with E-state index < -0.39 is 29.6 Å². The summed E-state index contributed by atoms with van der Waals surface area (Å²) >= 11 is 5.75. The number of benzene rings is 2. The first-order valence-corrected chi connectivity index (χ1v) is 9.09. The quantitative estimate of drug-likeness (QED) is 0.745. The second-order valence-corrected chi connectivity index (χ2v) is 6.77. The first kappa shape index (κ1) is 19.0. The summed E-state index contributed by atoms with van der Waals surface area (Å²) in [4.78, 5) is 38.5. The molecule has 2 N–H and O–H groups in total. The fourth-order valence-corrected chi connectivity index (χ4v) is 3.21.